The van der Waals surface area contributed by atoms with Crippen molar-refractivity contribution in [3.8, 4) is 18.2 Å². The highest BCUT2D eigenvalue weighted by atomic mass is 16.5. The summed E-state index contributed by atoms with van der Waals surface area (Å²) in [5.74, 6) is 3.68. The molecule has 0 radical (unpaired) electrons. The molecule has 15 heavy (non-hydrogen) atoms. The van der Waals surface area contributed by atoms with E-state index >= 15 is 0 Å². The summed E-state index contributed by atoms with van der Waals surface area (Å²) in [5.41, 5.74) is 0. The first-order valence-electron chi connectivity index (χ1n) is 4.98. The quantitative estimate of drug-likeness (QED) is 0.743. The third kappa shape index (κ3) is 3.47. The molecule has 0 aliphatic carbocycles. The van der Waals surface area contributed by atoms with Gasteiger partial charge in [-0.25, -0.2) is 4.98 Å². The van der Waals surface area contributed by atoms with Crippen molar-refractivity contribution in [3.63, 3.8) is 0 Å². The van der Waals surface area contributed by atoms with Gasteiger partial charge < -0.3 is 10.1 Å². The van der Waals surface area contributed by atoms with Gasteiger partial charge in [-0.05, 0) is 13.3 Å². The molecule has 1 rings (SSSR count). The SMILES string of the molecule is C#CC(CC)Nc1nccc(OCC)n1. The highest BCUT2D eigenvalue weighted by Crippen LogP contribution is 2.09. The summed E-state index contributed by atoms with van der Waals surface area (Å²) in [6, 6.07) is 1.67. The zero-order valence-electron chi connectivity index (χ0n) is 9.03. The lowest BCUT2D eigenvalue weighted by Crippen LogP contribution is -2.17. The first kappa shape index (κ1) is 11.3. The lowest BCUT2D eigenvalue weighted by molar-refractivity contribution is 0.326. The highest BCUT2D eigenvalue weighted by Gasteiger charge is 2.04. The molecule has 4 heteroatoms. The molecule has 0 spiro atoms. The number of hydrogen-bond acceptors (Lipinski definition) is 4. The van der Waals surface area contributed by atoms with Gasteiger partial charge in [0.15, 0.2) is 0 Å². The molecule has 0 aromatic carbocycles. The van der Waals surface area contributed by atoms with Gasteiger partial charge in [0.05, 0.1) is 12.6 Å². The van der Waals surface area contributed by atoms with E-state index < -0.39 is 0 Å². The number of ether oxygens (including phenoxy) is 1. The minimum Gasteiger partial charge on any atom is -0.478 e. The first-order valence-corrected chi connectivity index (χ1v) is 4.98. The largest absolute Gasteiger partial charge is 0.478 e. The van der Waals surface area contributed by atoms with E-state index in [1.807, 2.05) is 13.8 Å². The maximum atomic E-state index is 5.33. The fraction of sp³-hybridized carbons (Fsp3) is 0.455. The van der Waals surface area contributed by atoms with Gasteiger partial charge in [-0.1, -0.05) is 12.8 Å². The fourth-order valence-corrected chi connectivity index (χ4v) is 1.06. The number of anilines is 1. The van der Waals surface area contributed by atoms with E-state index in [1.54, 1.807) is 12.3 Å². The smallest absolute Gasteiger partial charge is 0.226 e. The van der Waals surface area contributed by atoms with Gasteiger partial charge in [0.25, 0.3) is 0 Å². The van der Waals surface area contributed by atoms with Crippen molar-refractivity contribution >= 4 is 5.95 Å². The molecule has 1 unspecified atom stereocenters. The van der Waals surface area contributed by atoms with Gasteiger partial charge in [-0.15, -0.1) is 6.42 Å². The van der Waals surface area contributed by atoms with Gasteiger partial charge in [-0.2, -0.15) is 4.98 Å². The van der Waals surface area contributed by atoms with Gasteiger partial charge in [0, 0.05) is 12.3 Å². The van der Waals surface area contributed by atoms with Crippen LogP contribution in [-0.2, 0) is 0 Å². The van der Waals surface area contributed by atoms with Crippen molar-refractivity contribution in [2.24, 2.45) is 0 Å². The molecule has 1 heterocycles. The van der Waals surface area contributed by atoms with Crippen LogP contribution in [0, 0.1) is 12.3 Å². The van der Waals surface area contributed by atoms with E-state index in [0.29, 0.717) is 18.4 Å². The molecule has 0 aliphatic heterocycles. The Kier molecular flexibility index (Phi) is 4.42. The Balaban J connectivity index is 2.69. The minimum atomic E-state index is -0.0399. The topological polar surface area (TPSA) is 47.0 Å². The molecule has 0 aliphatic rings. The molecule has 0 amide bonds. The second-order valence-corrected chi connectivity index (χ2v) is 2.92. The maximum Gasteiger partial charge on any atom is 0.226 e. The van der Waals surface area contributed by atoms with Crippen LogP contribution in [0.2, 0.25) is 0 Å². The van der Waals surface area contributed by atoms with E-state index in [2.05, 4.69) is 21.2 Å². The van der Waals surface area contributed by atoms with Crippen molar-refractivity contribution < 1.29 is 4.74 Å². The molecule has 0 fully saturated rings. The third-order valence-electron chi connectivity index (χ3n) is 1.84. The van der Waals surface area contributed by atoms with Crippen LogP contribution < -0.4 is 10.1 Å². The standard InChI is InChI=1S/C11H15N3O/c1-4-9(5-2)13-11-12-8-7-10(14-11)15-6-3/h1,7-9H,5-6H2,2-3H3,(H,12,13,14). The van der Waals surface area contributed by atoms with Gasteiger partial charge in [0.1, 0.15) is 0 Å². The van der Waals surface area contributed by atoms with Gasteiger partial charge in [0.2, 0.25) is 11.8 Å². The molecule has 0 saturated heterocycles. The summed E-state index contributed by atoms with van der Waals surface area (Å²) in [4.78, 5) is 8.22. The lowest BCUT2D eigenvalue weighted by Gasteiger charge is -2.10. The number of nitrogens with one attached hydrogen (secondary N) is 1. The van der Waals surface area contributed by atoms with Gasteiger partial charge in [-0.3, -0.25) is 0 Å². The first-order chi connectivity index (χ1) is 7.30. The zero-order valence-corrected chi connectivity index (χ0v) is 9.03. The van der Waals surface area contributed by atoms with Crippen molar-refractivity contribution in [1.29, 1.82) is 0 Å². The Morgan fingerprint density at radius 1 is 1.60 bits per heavy atom. The number of terminal acetylenes is 1. The van der Waals surface area contributed by atoms with Crippen LogP contribution >= 0.6 is 0 Å². The maximum absolute atomic E-state index is 5.33. The monoisotopic (exact) mass is 205 g/mol. The normalized spacial score (nSPS) is 11.5. The summed E-state index contributed by atoms with van der Waals surface area (Å²) in [7, 11) is 0. The third-order valence-corrected chi connectivity index (χ3v) is 1.84. The number of hydrogen-bond donors (Lipinski definition) is 1. The van der Waals surface area contributed by atoms with E-state index in [4.69, 9.17) is 11.2 Å². The van der Waals surface area contributed by atoms with Crippen LogP contribution in [0.15, 0.2) is 12.3 Å². The summed E-state index contributed by atoms with van der Waals surface area (Å²) >= 11 is 0. The summed E-state index contributed by atoms with van der Waals surface area (Å²) < 4.78 is 5.25. The van der Waals surface area contributed by atoms with Crippen LogP contribution in [0.3, 0.4) is 0 Å². The van der Waals surface area contributed by atoms with Crippen molar-refractivity contribution in [1.82, 2.24) is 9.97 Å². The second-order valence-electron chi connectivity index (χ2n) is 2.92. The molecule has 1 aromatic rings. The average Bonchev–Trinajstić information content (AvgIpc) is 2.27. The van der Waals surface area contributed by atoms with E-state index in [0.717, 1.165) is 6.42 Å². The van der Waals surface area contributed by atoms with Crippen LogP contribution in [0.1, 0.15) is 20.3 Å². The summed E-state index contributed by atoms with van der Waals surface area (Å²) in [5, 5.41) is 3.04. The van der Waals surface area contributed by atoms with Gasteiger partial charge >= 0.3 is 0 Å². The Morgan fingerprint density at radius 3 is 3.00 bits per heavy atom. The van der Waals surface area contributed by atoms with Crippen LogP contribution in [-0.4, -0.2) is 22.6 Å². The Hall–Kier alpha value is -1.76. The molecular formula is C11H15N3O. The second kappa shape index (κ2) is 5.86. The zero-order chi connectivity index (χ0) is 11.1. The van der Waals surface area contributed by atoms with Crippen LogP contribution in [0.5, 0.6) is 5.88 Å². The van der Waals surface area contributed by atoms with E-state index in [-0.39, 0.29) is 6.04 Å². The fourth-order valence-electron chi connectivity index (χ4n) is 1.06. The molecule has 80 valence electrons. The van der Waals surface area contributed by atoms with Crippen LogP contribution in [0.4, 0.5) is 5.95 Å². The Labute approximate surface area is 90.1 Å². The number of rotatable bonds is 5. The molecule has 0 bridgehead atoms. The average molecular weight is 205 g/mol. The predicted molar refractivity (Wildman–Crippen MR) is 59.7 cm³/mol. The Bertz CT molecular complexity index is 346. The van der Waals surface area contributed by atoms with Crippen molar-refractivity contribution in [3.05, 3.63) is 12.3 Å². The minimum absolute atomic E-state index is 0.0399. The summed E-state index contributed by atoms with van der Waals surface area (Å²) in [6.07, 6.45) is 7.80. The van der Waals surface area contributed by atoms with E-state index in [9.17, 15) is 0 Å². The summed E-state index contributed by atoms with van der Waals surface area (Å²) in [6.45, 7) is 4.50. The highest BCUT2D eigenvalue weighted by molar-refractivity contribution is 5.31. The predicted octanol–water partition coefficient (Wildman–Crippen LogP) is 1.70. The van der Waals surface area contributed by atoms with Crippen molar-refractivity contribution in [2.45, 2.75) is 26.3 Å². The molecule has 0 saturated carbocycles. The Morgan fingerprint density at radius 2 is 2.40 bits per heavy atom. The molecule has 4 nitrogen and oxygen atoms in total. The lowest BCUT2D eigenvalue weighted by atomic mass is 10.2. The molecule has 1 atom stereocenters. The molecule has 1 N–H and O–H groups in total. The van der Waals surface area contributed by atoms with E-state index in [1.165, 1.54) is 0 Å². The molecule has 1 aromatic heterocycles. The van der Waals surface area contributed by atoms with Crippen molar-refractivity contribution in [2.75, 3.05) is 11.9 Å². The number of aromatic nitrogens is 2. The number of nitrogens with zero attached hydrogens (tertiary/aromatic N) is 2. The van der Waals surface area contributed by atoms with Crippen LogP contribution in [0.25, 0.3) is 0 Å². The molecular weight excluding hydrogens is 190 g/mol.